The Morgan fingerprint density at radius 1 is 0.290 bits per heavy atom. The van der Waals surface area contributed by atoms with Crippen LogP contribution in [-0.4, -0.2) is 9.13 Å². The maximum absolute atomic E-state index is 14.4. The number of hydrogen-bond donors (Lipinski definition) is 0. The molecule has 2 aromatic heterocycles. The number of aromatic nitrogens is 2. The molecule has 0 fully saturated rings. The van der Waals surface area contributed by atoms with Crippen molar-refractivity contribution in [2.75, 3.05) is 0 Å². The van der Waals surface area contributed by atoms with Crippen LogP contribution in [0.4, 0.5) is 53.0 Å². The van der Waals surface area contributed by atoms with E-state index in [0.29, 0.717) is 88.4 Å². The van der Waals surface area contributed by atoms with E-state index in [2.05, 4.69) is 64.3 Å². The van der Waals surface area contributed by atoms with Crippen molar-refractivity contribution in [1.82, 2.24) is 9.13 Å². The molecule has 0 atom stereocenters. The van der Waals surface area contributed by atoms with Gasteiger partial charge in [-0.25, -0.2) is 33.9 Å². The van der Waals surface area contributed by atoms with Crippen LogP contribution in [0.15, 0.2) is 176 Å². The first kappa shape index (κ1) is 62.5. The van der Waals surface area contributed by atoms with Crippen LogP contribution in [0.2, 0.25) is 0 Å². The van der Waals surface area contributed by atoms with E-state index in [-0.39, 0.29) is 112 Å². The molecule has 0 bridgehead atoms. The third kappa shape index (κ3) is 10.2. The molecular formula is C81H29F3N16. The molecular weight excluding hydrogens is 1250 g/mol. The molecule has 0 aliphatic rings. The topological polar surface area (TPSA) is 207 Å². The zero-order valence-corrected chi connectivity index (χ0v) is 51.0. The number of halogens is 3. The molecule has 100 heavy (non-hydrogen) atoms. The Hall–Kier alpha value is -16.3. The Labute approximate surface area is 566 Å². The standard InChI is InChI=1S/C81H29F3N16/c1-92-57-27-54(42-90)79(69(35-57)97-6)50-11-19-73-63(32-50)62-30-48(77-52(40-88)22-45(38-86)24-67(77)95-4)10-18-72(62)99(73)71-17-9-47(59-16-14-56(81(82,83)84)34-66(59)94-3)29-61(71)60-15-8-44(37-85)26-76(60)100-74-20-12-49(78-53(41-89)23-46(39-87)25-68(78)96-5)31-64(74)65-33-51(13-21-75(65)100)80-55(43-91)28-58(93-2)36-70(80)98-7/h8-36H. The second kappa shape index (κ2) is 24.6. The average molecular weight is 1280 g/mol. The summed E-state index contributed by atoms with van der Waals surface area (Å²) in [5.74, 6) is 0. The first-order chi connectivity index (χ1) is 48.5. The third-order valence-electron chi connectivity index (χ3n) is 17.3. The summed E-state index contributed by atoms with van der Waals surface area (Å²) in [5.41, 5.74) is 5.46. The minimum atomic E-state index is -4.81. The molecule has 19 heteroatoms. The molecule has 11 aromatic carbocycles. The van der Waals surface area contributed by atoms with Gasteiger partial charge in [0.25, 0.3) is 0 Å². The maximum atomic E-state index is 14.4. The Bertz CT molecular complexity index is 6150. The fraction of sp³-hybridized carbons (Fsp3) is 0.0123. The van der Waals surface area contributed by atoms with Crippen LogP contribution in [0.5, 0.6) is 0 Å². The van der Waals surface area contributed by atoms with Gasteiger partial charge >= 0.3 is 6.18 Å². The fourth-order valence-corrected chi connectivity index (χ4v) is 13.0. The number of rotatable bonds is 8. The van der Waals surface area contributed by atoms with Crippen LogP contribution < -0.4 is 0 Å². The Morgan fingerprint density at radius 3 is 1.03 bits per heavy atom. The minimum Gasteiger partial charge on any atom is -0.309 e. The highest BCUT2D eigenvalue weighted by atomic mass is 19.4. The molecule has 16 nitrogen and oxygen atoms in total. The predicted molar refractivity (Wildman–Crippen MR) is 370 cm³/mol. The highest BCUT2D eigenvalue weighted by molar-refractivity contribution is 6.15. The van der Waals surface area contributed by atoms with E-state index in [0.717, 1.165) is 12.1 Å². The molecule has 2 heterocycles. The van der Waals surface area contributed by atoms with Crippen molar-refractivity contribution in [1.29, 1.82) is 36.8 Å². The zero-order chi connectivity index (χ0) is 70.4. The lowest BCUT2D eigenvalue weighted by molar-refractivity contribution is -0.137. The molecule has 0 saturated heterocycles. The summed E-state index contributed by atoms with van der Waals surface area (Å²) >= 11 is 0. The fourth-order valence-electron chi connectivity index (χ4n) is 13.0. The molecule has 0 N–H and O–H groups in total. The summed E-state index contributed by atoms with van der Waals surface area (Å²) in [7, 11) is 0. The molecule has 0 saturated carbocycles. The number of nitrogens with zero attached hydrogens (tertiary/aromatic N) is 16. The van der Waals surface area contributed by atoms with Crippen molar-refractivity contribution in [2.24, 2.45) is 0 Å². The van der Waals surface area contributed by atoms with E-state index in [1.54, 1.807) is 109 Å². The van der Waals surface area contributed by atoms with Gasteiger partial charge in [-0.05, 0) is 149 Å². The summed E-state index contributed by atoms with van der Waals surface area (Å²) in [4.78, 5) is 25.5. The predicted octanol–water partition coefficient (Wildman–Crippen LogP) is 21.9. The number of alkyl halides is 3. The molecule has 13 rings (SSSR count). The summed E-state index contributed by atoms with van der Waals surface area (Å²) < 4.78 is 47.1. The van der Waals surface area contributed by atoms with E-state index in [1.165, 1.54) is 54.6 Å². The number of fused-ring (bicyclic) bond motifs is 6. The van der Waals surface area contributed by atoms with Crippen LogP contribution in [0.25, 0.3) is 156 Å². The molecule has 0 unspecified atom stereocenters. The minimum absolute atomic E-state index is 0.00702. The highest BCUT2D eigenvalue weighted by Crippen LogP contribution is 2.50. The maximum Gasteiger partial charge on any atom is 0.415 e. The molecule has 0 radical (unpaired) electrons. The van der Waals surface area contributed by atoms with Crippen molar-refractivity contribution >= 4 is 83.4 Å². The number of hydrogen-bond acceptors (Lipinski definition) is 7. The van der Waals surface area contributed by atoms with Crippen LogP contribution in [0, 0.1) is 125 Å². The molecule has 0 aliphatic heterocycles. The van der Waals surface area contributed by atoms with Crippen LogP contribution >= 0.6 is 0 Å². The van der Waals surface area contributed by atoms with Gasteiger partial charge in [-0.2, -0.15) is 50.0 Å². The van der Waals surface area contributed by atoms with Crippen molar-refractivity contribution in [3.8, 4) is 121 Å². The van der Waals surface area contributed by atoms with E-state index < -0.39 is 11.7 Å². The summed E-state index contributed by atoms with van der Waals surface area (Å²) in [6.07, 6.45) is -4.81. The molecule has 0 spiro atoms. The van der Waals surface area contributed by atoms with Gasteiger partial charge in [-0.1, -0.05) is 60.7 Å². The van der Waals surface area contributed by atoms with E-state index in [4.69, 9.17) is 46.0 Å². The van der Waals surface area contributed by atoms with E-state index in [1.807, 2.05) is 21.3 Å². The van der Waals surface area contributed by atoms with E-state index >= 15 is 0 Å². The third-order valence-corrected chi connectivity index (χ3v) is 17.3. The smallest absolute Gasteiger partial charge is 0.309 e. The van der Waals surface area contributed by atoms with Gasteiger partial charge in [0, 0.05) is 82.7 Å². The van der Waals surface area contributed by atoms with E-state index in [9.17, 15) is 50.0 Å². The zero-order valence-electron chi connectivity index (χ0n) is 51.0. The van der Waals surface area contributed by atoms with Crippen molar-refractivity contribution < 1.29 is 13.2 Å². The van der Waals surface area contributed by atoms with Crippen molar-refractivity contribution in [3.05, 3.63) is 300 Å². The van der Waals surface area contributed by atoms with Gasteiger partial charge in [0.05, 0.1) is 139 Å². The van der Waals surface area contributed by atoms with Crippen molar-refractivity contribution in [3.63, 3.8) is 0 Å². The average Bonchev–Trinajstić information content (AvgIpc) is 1.55. The van der Waals surface area contributed by atoms with Gasteiger partial charge in [-0.15, -0.1) is 0 Å². The monoisotopic (exact) mass is 1280 g/mol. The second-order valence-corrected chi connectivity index (χ2v) is 22.5. The molecule has 0 amide bonds. The largest absolute Gasteiger partial charge is 0.415 e. The Morgan fingerprint density at radius 2 is 0.660 bits per heavy atom. The summed E-state index contributed by atoms with van der Waals surface area (Å²) in [6, 6.07) is 59.6. The molecule has 454 valence electrons. The molecule has 13 aromatic rings. The first-order valence-electron chi connectivity index (χ1n) is 29.4. The van der Waals surface area contributed by atoms with Crippen LogP contribution in [0.3, 0.4) is 0 Å². The lowest BCUT2D eigenvalue weighted by Gasteiger charge is -2.21. The molecule has 0 aliphatic carbocycles. The van der Waals surface area contributed by atoms with Gasteiger partial charge in [0.2, 0.25) is 0 Å². The highest BCUT2D eigenvalue weighted by Gasteiger charge is 2.32. The SMILES string of the molecule is [C-]#[N+]c1cc(C#N)c(-c2ccc3c(c2)c2cc(-c4c(C#N)cc(C#N)cc4[N+]#[C-])ccc2n3-c2ccc(-c3ccc(C(F)(F)F)cc3[N+]#[C-])cc2-c2ccc(C#N)cc2-n2c3ccc(-c4c(C#N)cc(C#N)cc4[N+]#[C-])cc3c3cc(-c4c(C#N)cc([N+]#[C-])cc4[N+]#[C-])ccc32)c([N+]#[C-])c1. The lowest BCUT2D eigenvalue weighted by Crippen LogP contribution is -2.04. The Kier molecular flexibility index (Phi) is 15.4. The van der Waals surface area contributed by atoms with Gasteiger partial charge in [0.15, 0.2) is 39.8 Å². The van der Waals surface area contributed by atoms with Crippen molar-refractivity contribution in [2.45, 2.75) is 6.18 Å². The number of nitriles is 7. The van der Waals surface area contributed by atoms with Gasteiger partial charge in [-0.3, -0.25) is 0 Å². The van der Waals surface area contributed by atoms with Gasteiger partial charge in [0.1, 0.15) is 0 Å². The first-order valence-corrected chi connectivity index (χ1v) is 29.4. The quantitative estimate of drug-likeness (QED) is 0.134. The summed E-state index contributed by atoms with van der Waals surface area (Å²) in [6.45, 7) is 56.6. The summed E-state index contributed by atoms with van der Waals surface area (Å²) in [5, 5.41) is 75.0. The normalized spacial score (nSPS) is 10.6. The van der Waals surface area contributed by atoms with Crippen LogP contribution in [0.1, 0.15) is 44.5 Å². The Balaban J connectivity index is 1.17. The lowest BCUT2D eigenvalue weighted by atomic mass is 9.93. The van der Waals surface area contributed by atoms with Crippen LogP contribution in [-0.2, 0) is 6.18 Å². The van der Waals surface area contributed by atoms with Gasteiger partial charge < -0.3 is 9.13 Å². The second-order valence-electron chi connectivity index (χ2n) is 22.5. The number of benzene rings is 11.